The molecule has 10 heteroatoms. The Morgan fingerprint density at radius 1 is 1.25 bits per heavy atom. The van der Waals surface area contributed by atoms with Gasteiger partial charge in [-0.1, -0.05) is 17.3 Å². The van der Waals surface area contributed by atoms with E-state index in [1.54, 1.807) is 30.5 Å². The highest BCUT2D eigenvalue weighted by molar-refractivity contribution is 7.89. The number of sulfonamides is 1. The first-order chi connectivity index (χ1) is 15.4. The van der Waals surface area contributed by atoms with Gasteiger partial charge in [0, 0.05) is 30.1 Å². The molecule has 0 unspecified atom stereocenters. The lowest BCUT2D eigenvalue weighted by molar-refractivity contribution is -0.126. The zero-order valence-electron chi connectivity index (χ0n) is 17.6. The van der Waals surface area contributed by atoms with Gasteiger partial charge in [-0.25, -0.2) is 8.42 Å². The fourth-order valence-electron chi connectivity index (χ4n) is 3.65. The molecule has 0 saturated carbocycles. The Bertz CT molecular complexity index is 1180. The molecule has 1 saturated heterocycles. The van der Waals surface area contributed by atoms with Gasteiger partial charge in [-0.15, -0.1) is 11.3 Å². The lowest BCUT2D eigenvalue weighted by atomic mass is 9.97. The minimum Gasteiger partial charge on any atom is -0.355 e. The van der Waals surface area contributed by atoms with E-state index in [1.165, 1.54) is 4.31 Å². The topological polar surface area (TPSA) is 105 Å². The van der Waals surface area contributed by atoms with E-state index in [0.717, 1.165) is 10.6 Å². The van der Waals surface area contributed by atoms with Gasteiger partial charge in [0.2, 0.25) is 15.9 Å². The summed E-state index contributed by atoms with van der Waals surface area (Å²) in [6.45, 7) is 2.51. The molecule has 0 aromatic carbocycles. The van der Waals surface area contributed by atoms with Crippen LogP contribution in [0.4, 0.5) is 0 Å². The molecule has 0 atom stereocenters. The van der Waals surface area contributed by atoms with Crippen LogP contribution in [0.2, 0.25) is 0 Å². The van der Waals surface area contributed by atoms with Crippen LogP contribution in [0.25, 0.3) is 12.2 Å². The molecule has 1 aliphatic heterocycles. The first-order valence-corrected chi connectivity index (χ1v) is 12.6. The maximum absolute atomic E-state index is 13.3. The van der Waals surface area contributed by atoms with E-state index < -0.39 is 10.0 Å². The molecule has 32 heavy (non-hydrogen) atoms. The van der Waals surface area contributed by atoms with Crippen LogP contribution >= 0.6 is 11.3 Å². The largest absolute Gasteiger partial charge is 0.355 e. The van der Waals surface area contributed by atoms with E-state index in [9.17, 15) is 13.2 Å². The first kappa shape index (κ1) is 22.4. The number of pyridine rings is 1. The summed E-state index contributed by atoms with van der Waals surface area (Å²) in [5, 5.41) is 8.71. The molecule has 8 nitrogen and oxygen atoms in total. The normalized spacial score (nSPS) is 15.9. The molecule has 1 aliphatic rings. The zero-order valence-corrected chi connectivity index (χ0v) is 19.2. The monoisotopic (exact) mass is 472 g/mol. The number of nitrogens with one attached hydrogen (secondary N) is 1. The summed E-state index contributed by atoms with van der Waals surface area (Å²) in [7, 11) is -3.79. The van der Waals surface area contributed by atoms with Crippen LogP contribution in [0.5, 0.6) is 0 Å². The Morgan fingerprint density at radius 3 is 2.75 bits per heavy atom. The Labute approximate surface area is 191 Å². The van der Waals surface area contributed by atoms with Crippen molar-refractivity contribution >= 4 is 39.4 Å². The van der Waals surface area contributed by atoms with Gasteiger partial charge in [-0.3, -0.25) is 9.78 Å². The van der Waals surface area contributed by atoms with Crippen molar-refractivity contribution in [3.63, 3.8) is 0 Å². The van der Waals surface area contributed by atoms with Crippen molar-refractivity contribution in [2.45, 2.75) is 31.2 Å². The van der Waals surface area contributed by atoms with Gasteiger partial charge in [0.1, 0.15) is 5.69 Å². The van der Waals surface area contributed by atoms with E-state index in [4.69, 9.17) is 4.52 Å². The third kappa shape index (κ3) is 4.98. The second kappa shape index (κ2) is 9.76. The number of rotatable bonds is 7. The molecular weight excluding hydrogens is 448 g/mol. The minimum atomic E-state index is -3.79. The molecule has 4 heterocycles. The quantitative estimate of drug-likeness (QED) is 0.565. The van der Waals surface area contributed by atoms with Gasteiger partial charge >= 0.3 is 0 Å². The molecule has 1 amide bonds. The number of amides is 1. The van der Waals surface area contributed by atoms with Crippen LogP contribution < -0.4 is 5.32 Å². The van der Waals surface area contributed by atoms with E-state index in [-0.39, 0.29) is 35.6 Å². The summed E-state index contributed by atoms with van der Waals surface area (Å²) in [5.74, 6) is -0.0912. The summed E-state index contributed by atoms with van der Waals surface area (Å²) < 4.78 is 33.4. The first-order valence-electron chi connectivity index (χ1n) is 10.3. The number of aryl methyl sites for hydroxylation is 1. The molecule has 3 aromatic rings. The van der Waals surface area contributed by atoms with Gasteiger partial charge in [0.15, 0.2) is 10.7 Å². The molecule has 168 valence electrons. The van der Waals surface area contributed by atoms with E-state index >= 15 is 0 Å². The van der Waals surface area contributed by atoms with Crippen molar-refractivity contribution in [1.29, 1.82) is 0 Å². The number of thiophene rings is 1. The fraction of sp³-hybridized carbons (Fsp3) is 0.318. The molecule has 3 aromatic heterocycles. The van der Waals surface area contributed by atoms with E-state index in [2.05, 4.69) is 15.5 Å². The van der Waals surface area contributed by atoms with Gasteiger partial charge < -0.3 is 9.84 Å². The average Bonchev–Trinajstić information content (AvgIpc) is 3.46. The molecular formula is C22H24N4O4S2. The molecule has 1 fully saturated rings. The Morgan fingerprint density at radius 2 is 2.06 bits per heavy atom. The van der Waals surface area contributed by atoms with E-state index in [0.29, 0.717) is 25.1 Å². The molecule has 4 rings (SSSR count). The zero-order chi connectivity index (χ0) is 22.6. The molecule has 0 radical (unpaired) electrons. The average molecular weight is 473 g/mol. The van der Waals surface area contributed by atoms with Crippen LogP contribution in [-0.4, -0.2) is 41.9 Å². The summed E-state index contributed by atoms with van der Waals surface area (Å²) in [5.41, 5.74) is 1.11. The van der Waals surface area contributed by atoms with Gasteiger partial charge in [-0.2, -0.15) is 4.31 Å². The summed E-state index contributed by atoms with van der Waals surface area (Å²) in [6.07, 6.45) is 6.04. The van der Waals surface area contributed by atoms with Crippen molar-refractivity contribution < 1.29 is 17.7 Å². The number of aromatic nitrogens is 2. The number of piperidine rings is 1. The number of hydrogen-bond acceptors (Lipinski definition) is 7. The van der Waals surface area contributed by atoms with Crippen LogP contribution in [0.3, 0.4) is 0 Å². The maximum atomic E-state index is 13.3. The van der Waals surface area contributed by atoms with Crippen molar-refractivity contribution in [2.75, 3.05) is 13.1 Å². The second-order valence-corrected chi connectivity index (χ2v) is 10.4. The lowest BCUT2D eigenvalue weighted by Gasteiger charge is -2.30. The molecule has 1 N–H and O–H groups in total. The Hall–Kier alpha value is -2.82. The number of carbonyl (C=O) groups excluding carboxylic acids is 1. The van der Waals surface area contributed by atoms with Gasteiger partial charge in [0.25, 0.3) is 0 Å². The fourth-order valence-corrected chi connectivity index (χ4v) is 5.99. The van der Waals surface area contributed by atoms with Crippen LogP contribution in [0.15, 0.2) is 51.3 Å². The van der Waals surface area contributed by atoms with Crippen LogP contribution in [0, 0.1) is 12.8 Å². The second-order valence-electron chi connectivity index (χ2n) is 7.53. The maximum Gasteiger partial charge on any atom is 0.248 e. The summed E-state index contributed by atoms with van der Waals surface area (Å²) in [4.78, 5) is 17.8. The predicted octanol–water partition coefficient (Wildman–Crippen LogP) is 3.33. The molecule has 0 aliphatic carbocycles. The Balaban J connectivity index is 1.40. The number of hydrogen-bond donors (Lipinski definition) is 1. The van der Waals surface area contributed by atoms with Crippen molar-refractivity contribution in [3.05, 3.63) is 63.9 Å². The van der Waals surface area contributed by atoms with Crippen molar-refractivity contribution in [1.82, 2.24) is 19.8 Å². The third-order valence-electron chi connectivity index (χ3n) is 5.37. The molecule has 0 bridgehead atoms. The summed E-state index contributed by atoms with van der Waals surface area (Å²) in [6, 6.07) is 9.39. The van der Waals surface area contributed by atoms with Gasteiger partial charge in [0.05, 0.1) is 12.2 Å². The number of nitrogens with zero attached hydrogens (tertiary/aromatic N) is 3. The third-order valence-corrected chi connectivity index (χ3v) is 8.26. The highest BCUT2D eigenvalue weighted by atomic mass is 32.2. The molecule has 0 spiro atoms. The van der Waals surface area contributed by atoms with E-state index in [1.807, 2.05) is 41.8 Å². The van der Waals surface area contributed by atoms with Gasteiger partial charge in [-0.05, 0) is 55.5 Å². The lowest BCUT2D eigenvalue weighted by Crippen LogP contribution is -2.43. The van der Waals surface area contributed by atoms with Crippen LogP contribution in [0.1, 0.15) is 34.9 Å². The smallest absolute Gasteiger partial charge is 0.248 e. The van der Waals surface area contributed by atoms with Crippen molar-refractivity contribution in [2.24, 2.45) is 5.92 Å². The van der Waals surface area contributed by atoms with Crippen LogP contribution in [-0.2, 0) is 21.4 Å². The highest BCUT2D eigenvalue weighted by Crippen LogP contribution is 2.29. The standard InChI is InChI=1S/C22H24N4O4S2/c1-16-21(20(30-25-16)8-7-19-6-4-14-31-19)32(28,29)26-12-9-17(10-13-26)22(27)24-15-18-5-2-3-11-23-18/h2-8,11,14,17H,9-10,12-13,15H2,1H3,(H,24,27)/b8-7+. The minimum absolute atomic E-state index is 0.0755. The SMILES string of the molecule is Cc1noc(/C=C/c2cccs2)c1S(=O)(=O)N1CCC(C(=O)NCc2ccccn2)CC1. The summed E-state index contributed by atoms with van der Waals surface area (Å²) >= 11 is 1.55. The Kier molecular flexibility index (Phi) is 6.83. The van der Waals surface area contributed by atoms with Crippen molar-refractivity contribution in [3.8, 4) is 0 Å². The highest BCUT2D eigenvalue weighted by Gasteiger charge is 2.35. The predicted molar refractivity (Wildman–Crippen MR) is 122 cm³/mol. The number of carbonyl (C=O) groups is 1.